The third kappa shape index (κ3) is 4.11. The Bertz CT molecular complexity index is 1630. The highest BCUT2D eigenvalue weighted by Crippen LogP contribution is 2.33. The van der Waals surface area contributed by atoms with Crippen LogP contribution in [0, 0.1) is 22.7 Å². The number of fused-ring (bicyclic) bond motifs is 2. The molecule has 5 aromatic rings. The Balaban J connectivity index is 1.61. The summed E-state index contributed by atoms with van der Waals surface area (Å²) in [6, 6.07) is 38.2. The SMILES string of the molecule is N#C/C(=C/c1c(OCc2ccccc2C#N)ccc2ccccc12)c1ccc2ccccc2c1. The van der Waals surface area contributed by atoms with E-state index in [9.17, 15) is 10.5 Å². The van der Waals surface area contributed by atoms with Crippen molar-refractivity contribution in [1.29, 1.82) is 10.5 Å². The molecule has 0 spiro atoms. The van der Waals surface area contributed by atoms with E-state index >= 15 is 0 Å². The Morgan fingerprint density at radius 1 is 0.735 bits per heavy atom. The molecular formula is C31H20N2O. The minimum Gasteiger partial charge on any atom is -0.488 e. The number of allylic oxidation sites excluding steroid dienone is 1. The van der Waals surface area contributed by atoms with Crippen molar-refractivity contribution in [3.8, 4) is 17.9 Å². The summed E-state index contributed by atoms with van der Waals surface area (Å²) in [5.41, 5.74) is 3.67. The van der Waals surface area contributed by atoms with Gasteiger partial charge in [0, 0.05) is 11.1 Å². The van der Waals surface area contributed by atoms with Gasteiger partial charge in [-0.3, -0.25) is 0 Å². The summed E-state index contributed by atoms with van der Waals surface area (Å²) >= 11 is 0. The molecule has 0 fully saturated rings. The smallest absolute Gasteiger partial charge is 0.127 e. The van der Waals surface area contributed by atoms with Gasteiger partial charge >= 0.3 is 0 Å². The fourth-order valence-electron chi connectivity index (χ4n) is 4.14. The van der Waals surface area contributed by atoms with Crippen LogP contribution < -0.4 is 4.74 Å². The maximum Gasteiger partial charge on any atom is 0.127 e. The number of hydrogen-bond acceptors (Lipinski definition) is 3. The van der Waals surface area contributed by atoms with Gasteiger partial charge in [-0.25, -0.2) is 0 Å². The van der Waals surface area contributed by atoms with E-state index in [1.807, 2.05) is 97.1 Å². The van der Waals surface area contributed by atoms with Crippen molar-refractivity contribution in [3.05, 3.63) is 125 Å². The molecule has 0 radical (unpaired) electrons. The predicted octanol–water partition coefficient (Wildman–Crippen LogP) is 7.51. The molecule has 0 aromatic heterocycles. The molecule has 34 heavy (non-hydrogen) atoms. The highest BCUT2D eigenvalue weighted by molar-refractivity contribution is 6.01. The van der Waals surface area contributed by atoms with Gasteiger partial charge in [0.1, 0.15) is 12.4 Å². The average molecular weight is 437 g/mol. The lowest BCUT2D eigenvalue weighted by atomic mass is 9.97. The molecule has 5 rings (SSSR count). The molecule has 0 aliphatic rings. The summed E-state index contributed by atoms with van der Waals surface area (Å²) < 4.78 is 6.22. The molecule has 0 amide bonds. The van der Waals surface area contributed by atoms with Crippen LogP contribution >= 0.6 is 0 Å². The molecule has 0 aliphatic heterocycles. The topological polar surface area (TPSA) is 56.8 Å². The van der Waals surface area contributed by atoms with E-state index in [-0.39, 0.29) is 6.61 Å². The minimum atomic E-state index is 0.265. The highest BCUT2D eigenvalue weighted by atomic mass is 16.5. The van der Waals surface area contributed by atoms with Gasteiger partial charge in [0.15, 0.2) is 0 Å². The van der Waals surface area contributed by atoms with Gasteiger partial charge in [-0.05, 0) is 51.4 Å². The van der Waals surface area contributed by atoms with Crippen molar-refractivity contribution in [2.75, 3.05) is 0 Å². The molecule has 0 bridgehead atoms. The van der Waals surface area contributed by atoms with E-state index in [2.05, 4.69) is 18.2 Å². The number of benzene rings is 5. The molecule has 3 heteroatoms. The second-order valence-corrected chi connectivity index (χ2v) is 7.99. The van der Waals surface area contributed by atoms with Gasteiger partial charge in [0.05, 0.1) is 23.3 Å². The van der Waals surface area contributed by atoms with Crippen molar-refractivity contribution in [2.45, 2.75) is 6.61 Å². The lowest BCUT2D eigenvalue weighted by molar-refractivity contribution is 0.305. The monoisotopic (exact) mass is 436 g/mol. The summed E-state index contributed by atoms with van der Waals surface area (Å²) in [4.78, 5) is 0. The van der Waals surface area contributed by atoms with E-state index in [1.54, 1.807) is 6.07 Å². The average Bonchev–Trinajstić information content (AvgIpc) is 2.90. The van der Waals surface area contributed by atoms with Crippen LogP contribution in [-0.4, -0.2) is 0 Å². The van der Waals surface area contributed by atoms with Gasteiger partial charge in [-0.1, -0.05) is 84.9 Å². The van der Waals surface area contributed by atoms with Gasteiger partial charge in [0.25, 0.3) is 0 Å². The maximum atomic E-state index is 10.1. The summed E-state index contributed by atoms with van der Waals surface area (Å²) in [5, 5.41) is 23.8. The van der Waals surface area contributed by atoms with Crippen LogP contribution in [0.4, 0.5) is 0 Å². The normalized spacial score (nSPS) is 11.2. The number of rotatable bonds is 5. The van der Waals surface area contributed by atoms with Crippen LogP contribution in [0.15, 0.2) is 103 Å². The number of nitriles is 2. The van der Waals surface area contributed by atoms with Crippen LogP contribution in [0.25, 0.3) is 33.2 Å². The van der Waals surface area contributed by atoms with Crippen molar-refractivity contribution < 1.29 is 4.74 Å². The lowest BCUT2D eigenvalue weighted by Gasteiger charge is -2.13. The van der Waals surface area contributed by atoms with Gasteiger partial charge < -0.3 is 4.74 Å². The van der Waals surface area contributed by atoms with Crippen molar-refractivity contribution in [1.82, 2.24) is 0 Å². The van der Waals surface area contributed by atoms with E-state index in [4.69, 9.17) is 4.74 Å². The number of hydrogen-bond donors (Lipinski definition) is 0. The summed E-state index contributed by atoms with van der Waals surface area (Å²) in [5.74, 6) is 0.667. The minimum absolute atomic E-state index is 0.265. The first-order valence-electron chi connectivity index (χ1n) is 11.0. The zero-order valence-corrected chi connectivity index (χ0v) is 18.4. The second-order valence-electron chi connectivity index (χ2n) is 7.99. The molecule has 0 heterocycles. The van der Waals surface area contributed by atoms with Crippen LogP contribution in [0.2, 0.25) is 0 Å². The quantitative estimate of drug-likeness (QED) is 0.212. The maximum absolute atomic E-state index is 10.1. The van der Waals surface area contributed by atoms with Crippen molar-refractivity contribution in [2.24, 2.45) is 0 Å². The first-order chi connectivity index (χ1) is 16.8. The van der Waals surface area contributed by atoms with E-state index in [0.717, 1.165) is 38.2 Å². The van der Waals surface area contributed by atoms with Gasteiger partial charge in [-0.2, -0.15) is 10.5 Å². The molecule has 0 aliphatic carbocycles. The Labute approximate surface area is 198 Å². The first-order valence-corrected chi connectivity index (χ1v) is 11.0. The van der Waals surface area contributed by atoms with Crippen molar-refractivity contribution in [3.63, 3.8) is 0 Å². The third-order valence-corrected chi connectivity index (χ3v) is 5.92. The first kappa shape index (κ1) is 21.0. The Hall–Kier alpha value is -4.86. The summed E-state index contributed by atoms with van der Waals surface area (Å²) in [6.45, 7) is 0.265. The highest BCUT2D eigenvalue weighted by Gasteiger charge is 2.11. The Kier molecular flexibility index (Phi) is 5.76. The van der Waals surface area contributed by atoms with E-state index in [0.29, 0.717) is 16.9 Å². The third-order valence-electron chi connectivity index (χ3n) is 5.92. The Morgan fingerprint density at radius 2 is 1.44 bits per heavy atom. The lowest BCUT2D eigenvalue weighted by Crippen LogP contribution is -2.00. The summed E-state index contributed by atoms with van der Waals surface area (Å²) in [7, 11) is 0. The molecular weight excluding hydrogens is 416 g/mol. The van der Waals surface area contributed by atoms with E-state index < -0.39 is 0 Å². The van der Waals surface area contributed by atoms with Crippen LogP contribution in [-0.2, 0) is 6.61 Å². The van der Waals surface area contributed by atoms with Gasteiger partial charge in [0.2, 0.25) is 0 Å². The molecule has 0 atom stereocenters. The number of ether oxygens (including phenoxy) is 1. The standard InChI is InChI=1S/C31H20N2O/c32-19-26-10-3-4-11-27(26)21-34-31-16-15-23-8-5-6-12-29(23)30(31)18-28(20-33)25-14-13-22-7-1-2-9-24(22)17-25/h1-18H,21H2/b28-18-. The molecule has 5 aromatic carbocycles. The summed E-state index contributed by atoms with van der Waals surface area (Å²) in [6.07, 6.45) is 1.90. The Morgan fingerprint density at radius 3 is 2.26 bits per heavy atom. The zero-order valence-electron chi connectivity index (χ0n) is 18.4. The van der Waals surface area contributed by atoms with Crippen molar-refractivity contribution >= 4 is 33.2 Å². The molecule has 0 unspecified atom stereocenters. The van der Waals surface area contributed by atoms with Crippen LogP contribution in [0.5, 0.6) is 5.75 Å². The fraction of sp³-hybridized carbons (Fsp3) is 0.0323. The largest absolute Gasteiger partial charge is 0.488 e. The second kappa shape index (κ2) is 9.33. The molecule has 3 nitrogen and oxygen atoms in total. The fourth-order valence-corrected chi connectivity index (χ4v) is 4.14. The molecule has 0 saturated heterocycles. The molecule has 160 valence electrons. The van der Waals surface area contributed by atoms with Crippen LogP contribution in [0.1, 0.15) is 22.3 Å². The zero-order chi connectivity index (χ0) is 23.3. The van der Waals surface area contributed by atoms with E-state index in [1.165, 1.54) is 0 Å². The number of nitrogens with zero attached hydrogens (tertiary/aromatic N) is 2. The predicted molar refractivity (Wildman–Crippen MR) is 137 cm³/mol. The molecule has 0 saturated carbocycles. The van der Waals surface area contributed by atoms with Gasteiger partial charge in [-0.15, -0.1) is 0 Å². The van der Waals surface area contributed by atoms with Crippen LogP contribution in [0.3, 0.4) is 0 Å². The molecule has 0 N–H and O–H groups in total.